The van der Waals surface area contributed by atoms with Gasteiger partial charge in [0.15, 0.2) is 0 Å². The molecule has 8 heteroatoms. The standard InChI is InChI=1S/C41H60N6O2/c1-37(2)19-27-25(28(20-37)36(48)49)10-14-41(7)33(27)26(23-8-9-32(44-22-23)47-16-12-24(42)13-17-47)18-31-39(5)21-29-34(45-46-35(29)43)38(3,4)30(39)11-15-40(31,41)6/h8-9,22,24-25,27-28,30-31H,10-21,42H2,1-7H3,(H,48,49)(H3,43,45,46)/t25?,27?,28-,30?,31?,39?,40?,41?/m1/s1. The zero-order valence-electron chi connectivity index (χ0n) is 31.0. The summed E-state index contributed by atoms with van der Waals surface area (Å²) in [6.07, 6.45) is 12.3. The highest BCUT2D eigenvalue weighted by Gasteiger charge is 2.68. The zero-order chi connectivity index (χ0) is 34.9. The largest absolute Gasteiger partial charge is 0.481 e. The highest BCUT2D eigenvalue weighted by atomic mass is 16.4. The minimum atomic E-state index is -0.605. The lowest BCUT2D eigenvalue weighted by Crippen LogP contribution is -2.64. The number of nitrogens with zero attached hydrogens (tertiary/aromatic N) is 3. The second-order valence-electron chi connectivity index (χ2n) is 19.4. The van der Waals surface area contributed by atoms with Crippen LogP contribution in [-0.4, -0.2) is 45.4 Å². The van der Waals surface area contributed by atoms with E-state index in [4.69, 9.17) is 16.5 Å². The van der Waals surface area contributed by atoms with Crippen molar-refractivity contribution in [1.29, 1.82) is 0 Å². The fourth-order valence-electron chi connectivity index (χ4n) is 13.6. The van der Waals surface area contributed by atoms with Gasteiger partial charge in [0.2, 0.25) is 0 Å². The Labute approximate surface area is 293 Å². The molecule has 266 valence electrons. The number of nitrogens with one attached hydrogen (secondary N) is 1. The fourth-order valence-corrected chi connectivity index (χ4v) is 13.6. The summed E-state index contributed by atoms with van der Waals surface area (Å²) in [6, 6.07) is 4.86. The van der Waals surface area contributed by atoms with Crippen molar-refractivity contribution in [2.24, 2.45) is 57.0 Å². The van der Waals surface area contributed by atoms with E-state index in [1.165, 1.54) is 35.2 Å². The van der Waals surface area contributed by atoms with E-state index in [1.807, 2.05) is 0 Å². The van der Waals surface area contributed by atoms with Crippen molar-refractivity contribution in [3.63, 3.8) is 0 Å². The van der Waals surface area contributed by atoms with Crippen molar-refractivity contribution < 1.29 is 9.90 Å². The van der Waals surface area contributed by atoms with E-state index in [1.54, 1.807) is 5.57 Å². The molecule has 0 radical (unpaired) electrons. The number of rotatable bonds is 3. The van der Waals surface area contributed by atoms with Gasteiger partial charge in [-0.15, -0.1) is 0 Å². The number of aromatic amines is 1. The Balaban J connectivity index is 1.30. The number of aromatic nitrogens is 3. The molecule has 3 saturated carbocycles. The first-order chi connectivity index (χ1) is 23.0. The molecule has 1 saturated heterocycles. The number of hydrogen-bond donors (Lipinski definition) is 4. The predicted molar refractivity (Wildman–Crippen MR) is 196 cm³/mol. The van der Waals surface area contributed by atoms with Crippen LogP contribution in [0.25, 0.3) is 5.57 Å². The monoisotopic (exact) mass is 668 g/mol. The van der Waals surface area contributed by atoms with Crippen LogP contribution < -0.4 is 16.4 Å². The first kappa shape index (κ1) is 33.3. The third kappa shape index (κ3) is 4.67. The third-order valence-electron chi connectivity index (χ3n) is 16.1. The molecule has 6 aliphatic rings. The second kappa shape index (κ2) is 10.8. The van der Waals surface area contributed by atoms with E-state index >= 15 is 0 Å². The van der Waals surface area contributed by atoms with Gasteiger partial charge in [-0.3, -0.25) is 9.89 Å². The molecule has 7 unspecified atom stereocenters. The van der Waals surface area contributed by atoms with E-state index in [0.29, 0.717) is 17.7 Å². The number of piperidine rings is 1. The average molecular weight is 669 g/mol. The van der Waals surface area contributed by atoms with Crippen LogP contribution in [0.2, 0.25) is 0 Å². The molecule has 0 bridgehead atoms. The van der Waals surface area contributed by atoms with Crippen LogP contribution in [0, 0.1) is 51.2 Å². The molecule has 5 aliphatic carbocycles. The number of carboxylic acid groups (broad SMARTS) is 1. The number of allylic oxidation sites excluding steroid dienone is 2. The van der Waals surface area contributed by atoms with Crippen molar-refractivity contribution in [3.8, 4) is 0 Å². The predicted octanol–water partition coefficient (Wildman–Crippen LogP) is 7.60. The fraction of sp³-hybridized carbons (Fsp3) is 0.732. The van der Waals surface area contributed by atoms with E-state index < -0.39 is 5.97 Å². The molecular formula is C41H60N6O2. The summed E-state index contributed by atoms with van der Waals surface area (Å²) >= 11 is 0. The van der Waals surface area contributed by atoms with Gasteiger partial charge >= 0.3 is 5.97 Å². The summed E-state index contributed by atoms with van der Waals surface area (Å²) in [7, 11) is 0. The molecule has 2 aromatic heterocycles. The molecule has 3 heterocycles. The number of carbonyl (C=O) groups is 1. The number of hydrogen-bond acceptors (Lipinski definition) is 6. The minimum Gasteiger partial charge on any atom is -0.481 e. The Bertz CT molecular complexity index is 1680. The van der Waals surface area contributed by atoms with Crippen molar-refractivity contribution in [3.05, 3.63) is 40.7 Å². The van der Waals surface area contributed by atoms with Crippen molar-refractivity contribution >= 4 is 23.2 Å². The van der Waals surface area contributed by atoms with Crippen molar-refractivity contribution in [2.75, 3.05) is 23.7 Å². The van der Waals surface area contributed by atoms with Crippen LogP contribution in [0.3, 0.4) is 0 Å². The second-order valence-corrected chi connectivity index (χ2v) is 19.4. The topological polar surface area (TPSA) is 134 Å². The maximum absolute atomic E-state index is 12.9. The first-order valence-electron chi connectivity index (χ1n) is 19.3. The summed E-state index contributed by atoms with van der Waals surface area (Å²) in [6.45, 7) is 19.1. The van der Waals surface area contributed by atoms with Gasteiger partial charge in [-0.2, -0.15) is 5.10 Å². The molecule has 0 aromatic carbocycles. The Morgan fingerprint density at radius 3 is 2.39 bits per heavy atom. The van der Waals surface area contributed by atoms with E-state index in [-0.39, 0.29) is 50.9 Å². The summed E-state index contributed by atoms with van der Waals surface area (Å²) < 4.78 is 0. The molecule has 8 atom stereocenters. The Hall–Kier alpha value is -2.87. The number of nitrogen functional groups attached to an aromatic ring is 1. The first-order valence-corrected chi connectivity index (χ1v) is 19.3. The van der Waals surface area contributed by atoms with Gasteiger partial charge in [0.05, 0.1) is 5.92 Å². The molecule has 49 heavy (non-hydrogen) atoms. The molecule has 4 fully saturated rings. The smallest absolute Gasteiger partial charge is 0.306 e. The Morgan fingerprint density at radius 1 is 0.980 bits per heavy atom. The van der Waals surface area contributed by atoms with Gasteiger partial charge in [-0.1, -0.05) is 54.0 Å². The van der Waals surface area contributed by atoms with Gasteiger partial charge in [-0.05, 0) is 133 Å². The van der Waals surface area contributed by atoms with Crippen molar-refractivity contribution in [2.45, 2.75) is 124 Å². The third-order valence-corrected chi connectivity index (χ3v) is 16.1. The molecule has 0 spiro atoms. The van der Waals surface area contributed by atoms with Crippen LogP contribution >= 0.6 is 0 Å². The van der Waals surface area contributed by atoms with Gasteiger partial charge < -0.3 is 21.5 Å². The number of anilines is 2. The SMILES string of the molecule is CC1(C)CC2C3=C(c4ccc(N5CCC(N)CC5)nc4)CC4C5(C)Cc6c(N)n[nH]c6C(C)(C)C5CCC4(C)C3(C)CCC2[C@H](C(=O)O)C1. The lowest BCUT2D eigenvalue weighted by molar-refractivity contribution is -0.161. The Kier molecular flexibility index (Phi) is 7.35. The molecule has 6 N–H and O–H groups in total. The number of nitrogens with two attached hydrogens (primary N) is 2. The summed E-state index contributed by atoms with van der Waals surface area (Å²) in [5.74, 6) is 2.20. The molecule has 0 amide bonds. The van der Waals surface area contributed by atoms with Crippen LogP contribution in [-0.2, 0) is 16.6 Å². The number of fused-ring (bicyclic) bond motifs is 8. The maximum atomic E-state index is 12.9. The number of carboxylic acids is 1. The summed E-state index contributed by atoms with van der Waals surface area (Å²) in [5.41, 5.74) is 19.6. The summed E-state index contributed by atoms with van der Waals surface area (Å²) in [4.78, 5) is 20.4. The molecule has 8 nitrogen and oxygen atoms in total. The molecule has 1 aliphatic heterocycles. The minimum absolute atomic E-state index is 0.0260. The van der Waals surface area contributed by atoms with Gasteiger partial charge in [0.1, 0.15) is 11.6 Å². The quantitative estimate of drug-likeness (QED) is 0.265. The highest BCUT2D eigenvalue weighted by Crippen LogP contribution is 2.76. The van der Waals surface area contributed by atoms with Crippen LogP contribution in [0.4, 0.5) is 11.6 Å². The van der Waals surface area contributed by atoms with E-state index in [9.17, 15) is 9.90 Å². The molecule has 2 aromatic rings. The Morgan fingerprint density at radius 2 is 1.71 bits per heavy atom. The van der Waals surface area contributed by atoms with Crippen LogP contribution in [0.15, 0.2) is 23.9 Å². The van der Waals surface area contributed by atoms with Crippen LogP contribution in [0.5, 0.6) is 0 Å². The molecule has 8 rings (SSSR count). The van der Waals surface area contributed by atoms with Crippen molar-refractivity contribution in [1.82, 2.24) is 15.2 Å². The van der Waals surface area contributed by atoms with Gasteiger partial charge in [-0.25, -0.2) is 4.98 Å². The maximum Gasteiger partial charge on any atom is 0.306 e. The number of pyridine rings is 1. The van der Waals surface area contributed by atoms with E-state index in [2.05, 4.69) is 81.9 Å². The zero-order valence-corrected chi connectivity index (χ0v) is 31.0. The lowest BCUT2D eigenvalue weighted by atomic mass is 9.33. The van der Waals surface area contributed by atoms with E-state index in [0.717, 1.165) is 70.3 Å². The summed E-state index contributed by atoms with van der Waals surface area (Å²) in [5, 5.41) is 18.5. The number of aliphatic carboxylic acids is 1. The van der Waals surface area contributed by atoms with Crippen LogP contribution in [0.1, 0.15) is 123 Å². The molecular weight excluding hydrogens is 608 g/mol. The van der Waals surface area contributed by atoms with Gasteiger partial charge in [0.25, 0.3) is 0 Å². The normalized spacial score (nSPS) is 39.7. The van der Waals surface area contributed by atoms with Gasteiger partial charge in [0, 0.05) is 42.0 Å². The number of H-pyrrole nitrogens is 1. The average Bonchev–Trinajstić information content (AvgIpc) is 3.41. The highest BCUT2D eigenvalue weighted by molar-refractivity contribution is 5.75. The lowest BCUT2D eigenvalue weighted by Gasteiger charge is -2.70.